The highest BCUT2D eigenvalue weighted by Crippen LogP contribution is 2.31. The number of benzene rings is 1. The predicted octanol–water partition coefficient (Wildman–Crippen LogP) is 3.74. The zero-order valence-corrected chi connectivity index (χ0v) is 14.9. The molecular formula is C21H26N2O2. The van der Waals surface area contributed by atoms with Crippen molar-refractivity contribution in [3.05, 3.63) is 59.5 Å². The highest BCUT2D eigenvalue weighted by molar-refractivity contribution is 5.79. The van der Waals surface area contributed by atoms with Gasteiger partial charge < -0.3 is 9.32 Å². The number of carbonyl (C=O) groups excluding carboxylic acids is 1. The van der Waals surface area contributed by atoms with Gasteiger partial charge in [-0.15, -0.1) is 0 Å². The number of amides is 1. The molecule has 25 heavy (non-hydrogen) atoms. The summed E-state index contributed by atoms with van der Waals surface area (Å²) < 4.78 is 5.70. The fraction of sp³-hybridized carbons (Fsp3) is 0.476. The molecule has 2 aromatic rings. The second kappa shape index (κ2) is 7.04. The molecule has 0 saturated heterocycles. The first-order valence-electron chi connectivity index (χ1n) is 9.32. The normalized spacial score (nSPS) is 17.0. The molecule has 1 amide bonds. The zero-order chi connectivity index (χ0) is 17.2. The third kappa shape index (κ3) is 4.31. The third-order valence-electron chi connectivity index (χ3n) is 5.06. The summed E-state index contributed by atoms with van der Waals surface area (Å²) in [7, 11) is 0. The molecule has 0 atom stereocenters. The van der Waals surface area contributed by atoms with Crippen molar-refractivity contribution in [2.75, 3.05) is 6.54 Å². The number of rotatable bonds is 8. The lowest BCUT2D eigenvalue weighted by Gasteiger charge is -2.27. The number of carbonyl (C=O) groups is 1. The van der Waals surface area contributed by atoms with Crippen LogP contribution in [0.4, 0.5) is 0 Å². The van der Waals surface area contributed by atoms with E-state index in [1.807, 2.05) is 30.0 Å². The van der Waals surface area contributed by atoms with E-state index in [0.717, 1.165) is 30.9 Å². The Morgan fingerprint density at radius 1 is 1.00 bits per heavy atom. The molecule has 0 radical (unpaired) electrons. The monoisotopic (exact) mass is 338 g/mol. The smallest absolute Gasteiger partial charge is 0.237 e. The minimum atomic E-state index is 0.236. The summed E-state index contributed by atoms with van der Waals surface area (Å²) in [6.45, 7) is 3.91. The SMILES string of the molecule is Cc1ccc(CN(C(=O)CN(Cc2ccccc2)C2CC2)C2CC2)o1. The number of furan rings is 1. The Bertz CT molecular complexity index is 717. The van der Waals surface area contributed by atoms with Gasteiger partial charge in [-0.1, -0.05) is 30.3 Å². The molecule has 4 rings (SSSR count). The van der Waals surface area contributed by atoms with E-state index in [4.69, 9.17) is 4.42 Å². The van der Waals surface area contributed by atoms with Gasteiger partial charge in [0.1, 0.15) is 11.5 Å². The van der Waals surface area contributed by atoms with Crippen molar-refractivity contribution in [2.45, 2.75) is 57.8 Å². The maximum atomic E-state index is 13.0. The van der Waals surface area contributed by atoms with Crippen LogP contribution in [-0.2, 0) is 17.9 Å². The number of hydrogen-bond donors (Lipinski definition) is 0. The second-order valence-electron chi connectivity index (χ2n) is 7.39. The molecule has 1 heterocycles. The summed E-state index contributed by atoms with van der Waals surface area (Å²) in [6.07, 6.45) is 4.66. The van der Waals surface area contributed by atoms with Gasteiger partial charge in [0, 0.05) is 18.6 Å². The third-order valence-corrected chi connectivity index (χ3v) is 5.06. The van der Waals surface area contributed by atoms with E-state index >= 15 is 0 Å². The fourth-order valence-electron chi connectivity index (χ4n) is 3.38. The Morgan fingerprint density at radius 3 is 2.32 bits per heavy atom. The van der Waals surface area contributed by atoms with Crippen LogP contribution in [0.15, 0.2) is 46.9 Å². The van der Waals surface area contributed by atoms with E-state index in [1.165, 1.54) is 18.4 Å². The first kappa shape index (κ1) is 16.4. The number of hydrogen-bond acceptors (Lipinski definition) is 3. The Morgan fingerprint density at radius 2 is 1.72 bits per heavy atom. The van der Waals surface area contributed by atoms with Crippen molar-refractivity contribution in [3.63, 3.8) is 0 Å². The van der Waals surface area contributed by atoms with Crippen LogP contribution in [0.5, 0.6) is 0 Å². The Kier molecular flexibility index (Phi) is 4.62. The zero-order valence-electron chi connectivity index (χ0n) is 14.9. The molecule has 2 aliphatic carbocycles. The van der Waals surface area contributed by atoms with Gasteiger partial charge >= 0.3 is 0 Å². The summed E-state index contributed by atoms with van der Waals surface area (Å²) in [4.78, 5) is 17.4. The number of aryl methyl sites for hydroxylation is 1. The first-order valence-corrected chi connectivity index (χ1v) is 9.32. The quantitative estimate of drug-likeness (QED) is 0.736. The van der Waals surface area contributed by atoms with Crippen LogP contribution in [0.25, 0.3) is 0 Å². The molecule has 0 N–H and O–H groups in total. The van der Waals surface area contributed by atoms with Crippen molar-refractivity contribution < 1.29 is 9.21 Å². The van der Waals surface area contributed by atoms with Crippen molar-refractivity contribution in [2.24, 2.45) is 0 Å². The molecule has 4 heteroatoms. The first-order chi connectivity index (χ1) is 12.2. The molecule has 0 aliphatic heterocycles. The van der Waals surface area contributed by atoms with E-state index in [0.29, 0.717) is 25.2 Å². The van der Waals surface area contributed by atoms with Crippen molar-refractivity contribution in [3.8, 4) is 0 Å². The molecule has 1 aromatic carbocycles. The van der Waals surface area contributed by atoms with E-state index in [-0.39, 0.29) is 5.91 Å². The van der Waals surface area contributed by atoms with Gasteiger partial charge in [-0.2, -0.15) is 0 Å². The predicted molar refractivity (Wildman–Crippen MR) is 96.9 cm³/mol. The minimum Gasteiger partial charge on any atom is -0.464 e. The van der Waals surface area contributed by atoms with E-state index in [1.54, 1.807) is 0 Å². The highest BCUT2D eigenvalue weighted by atomic mass is 16.3. The Labute approximate surface area is 149 Å². The molecule has 4 nitrogen and oxygen atoms in total. The maximum Gasteiger partial charge on any atom is 0.237 e. The van der Waals surface area contributed by atoms with Crippen LogP contribution in [0.1, 0.15) is 42.8 Å². The molecule has 2 fully saturated rings. The van der Waals surface area contributed by atoms with Gasteiger partial charge in [0.2, 0.25) is 5.91 Å². The molecule has 2 aliphatic rings. The Balaban J connectivity index is 1.42. The van der Waals surface area contributed by atoms with Crippen LogP contribution in [0.2, 0.25) is 0 Å². The van der Waals surface area contributed by atoms with E-state index in [9.17, 15) is 4.79 Å². The average molecular weight is 338 g/mol. The average Bonchev–Trinajstić information content (AvgIpc) is 3.52. The lowest BCUT2D eigenvalue weighted by Crippen LogP contribution is -2.41. The summed E-state index contributed by atoms with van der Waals surface area (Å²) in [5, 5.41) is 0. The summed E-state index contributed by atoms with van der Waals surface area (Å²) >= 11 is 0. The van der Waals surface area contributed by atoms with Crippen molar-refractivity contribution in [1.29, 1.82) is 0 Å². The Hall–Kier alpha value is -2.07. The van der Waals surface area contributed by atoms with Gasteiger partial charge in [0.25, 0.3) is 0 Å². The lowest BCUT2D eigenvalue weighted by atomic mass is 10.2. The lowest BCUT2D eigenvalue weighted by molar-refractivity contribution is -0.134. The molecular weight excluding hydrogens is 312 g/mol. The minimum absolute atomic E-state index is 0.236. The molecule has 2 saturated carbocycles. The van der Waals surface area contributed by atoms with Crippen LogP contribution in [-0.4, -0.2) is 34.3 Å². The topological polar surface area (TPSA) is 36.7 Å². The molecule has 0 unspecified atom stereocenters. The van der Waals surface area contributed by atoms with Gasteiger partial charge in [-0.25, -0.2) is 0 Å². The van der Waals surface area contributed by atoms with Crippen LogP contribution in [0.3, 0.4) is 0 Å². The van der Waals surface area contributed by atoms with Gasteiger partial charge in [-0.05, 0) is 50.3 Å². The van der Waals surface area contributed by atoms with Gasteiger partial charge in [0.05, 0.1) is 13.1 Å². The van der Waals surface area contributed by atoms with Gasteiger partial charge in [0.15, 0.2) is 0 Å². The summed E-state index contributed by atoms with van der Waals surface area (Å²) in [5.41, 5.74) is 1.28. The molecule has 1 aromatic heterocycles. The van der Waals surface area contributed by atoms with Crippen LogP contribution >= 0.6 is 0 Å². The summed E-state index contributed by atoms with van der Waals surface area (Å²) in [5.74, 6) is 2.03. The van der Waals surface area contributed by atoms with Crippen LogP contribution < -0.4 is 0 Å². The van der Waals surface area contributed by atoms with E-state index in [2.05, 4.69) is 29.2 Å². The fourth-order valence-corrected chi connectivity index (χ4v) is 3.38. The molecule has 132 valence electrons. The largest absolute Gasteiger partial charge is 0.464 e. The standard InChI is InChI=1S/C21H26N2O2/c1-16-7-12-20(25-16)14-23(19-10-11-19)21(24)15-22(18-8-9-18)13-17-5-3-2-4-6-17/h2-7,12,18-19H,8-11,13-15H2,1H3. The van der Waals surface area contributed by atoms with Crippen LogP contribution in [0, 0.1) is 6.92 Å². The number of nitrogens with zero attached hydrogens (tertiary/aromatic N) is 2. The second-order valence-corrected chi connectivity index (χ2v) is 7.39. The molecule has 0 spiro atoms. The summed E-state index contributed by atoms with van der Waals surface area (Å²) in [6, 6.07) is 15.4. The van der Waals surface area contributed by atoms with Crippen molar-refractivity contribution in [1.82, 2.24) is 9.80 Å². The van der Waals surface area contributed by atoms with Gasteiger partial charge in [-0.3, -0.25) is 9.69 Å². The van der Waals surface area contributed by atoms with Crippen molar-refractivity contribution >= 4 is 5.91 Å². The molecule has 0 bridgehead atoms. The van der Waals surface area contributed by atoms with E-state index < -0.39 is 0 Å². The highest BCUT2D eigenvalue weighted by Gasteiger charge is 2.36. The maximum absolute atomic E-state index is 13.0.